The first-order valence-electron chi connectivity index (χ1n) is 8.26. The highest BCUT2D eigenvalue weighted by atomic mass is 32.2. The van der Waals surface area contributed by atoms with Gasteiger partial charge >= 0.3 is 5.97 Å². The molecule has 2 atom stereocenters. The van der Waals surface area contributed by atoms with Gasteiger partial charge in [0.2, 0.25) is 12.3 Å². The lowest BCUT2D eigenvalue weighted by atomic mass is 10.2. The fourth-order valence-electron chi connectivity index (χ4n) is 2.66. The Balaban J connectivity index is 1.95. The standard InChI is InChI=1S/C18H24N2O4S2/c1-18(2)20(12-21)15(11-26-18)16(22)19-14(17(23)24-3)10-25-9-13-7-5-4-6-8-13/h4-8,12,14-15H,9-11H2,1-3H3,(H,19,22)/t14-,15-/m1/s1. The lowest BCUT2D eigenvalue weighted by Gasteiger charge is -2.30. The molecule has 2 amide bonds. The van der Waals surface area contributed by atoms with Crippen LogP contribution in [0.1, 0.15) is 19.4 Å². The van der Waals surface area contributed by atoms with E-state index < -0.39 is 22.9 Å². The van der Waals surface area contributed by atoms with Crippen LogP contribution in [0.2, 0.25) is 0 Å². The minimum Gasteiger partial charge on any atom is -0.467 e. The molecule has 1 aliphatic rings. The fraction of sp³-hybridized carbons (Fsp3) is 0.500. The van der Waals surface area contributed by atoms with E-state index in [1.807, 2.05) is 44.2 Å². The average molecular weight is 397 g/mol. The molecule has 0 unspecified atom stereocenters. The number of amides is 2. The largest absolute Gasteiger partial charge is 0.467 e. The quantitative estimate of drug-likeness (QED) is 0.534. The molecule has 0 aliphatic carbocycles. The molecule has 1 heterocycles. The lowest BCUT2D eigenvalue weighted by molar-refractivity contribution is -0.145. The second-order valence-electron chi connectivity index (χ2n) is 6.37. The van der Waals surface area contributed by atoms with E-state index in [9.17, 15) is 14.4 Å². The van der Waals surface area contributed by atoms with E-state index in [0.717, 1.165) is 11.3 Å². The maximum absolute atomic E-state index is 12.6. The monoisotopic (exact) mass is 396 g/mol. The third-order valence-electron chi connectivity index (χ3n) is 4.17. The van der Waals surface area contributed by atoms with Crippen LogP contribution in [-0.4, -0.2) is 58.8 Å². The number of carbonyl (C=O) groups is 3. The summed E-state index contributed by atoms with van der Waals surface area (Å²) in [7, 11) is 1.30. The summed E-state index contributed by atoms with van der Waals surface area (Å²) in [6.45, 7) is 3.79. The Labute approximate surface area is 162 Å². The van der Waals surface area contributed by atoms with E-state index in [2.05, 4.69) is 5.32 Å². The predicted molar refractivity (Wildman–Crippen MR) is 105 cm³/mol. The smallest absolute Gasteiger partial charge is 0.329 e. The summed E-state index contributed by atoms with van der Waals surface area (Å²) in [5.74, 6) is 0.824. The Morgan fingerprint density at radius 2 is 2.12 bits per heavy atom. The van der Waals surface area contributed by atoms with Gasteiger partial charge < -0.3 is 15.0 Å². The number of nitrogens with one attached hydrogen (secondary N) is 1. The molecule has 2 rings (SSSR count). The van der Waals surface area contributed by atoms with E-state index >= 15 is 0 Å². The lowest BCUT2D eigenvalue weighted by Crippen LogP contribution is -2.53. The van der Waals surface area contributed by atoms with E-state index in [0.29, 0.717) is 17.9 Å². The third-order valence-corrected chi connectivity index (χ3v) is 6.67. The fourth-order valence-corrected chi connectivity index (χ4v) is 4.86. The highest BCUT2D eigenvalue weighted by molar-refractivity contribution is 8.00. The van der Waals surface area contributed by atoms with Gasteiger partial charge in [-0.25, -0.2) is 4.79 Å². The average Bonchev–Trinajstić information content (AvgIpc) is 2.95. The van der Waals surface area contributed by atoms with Crippen LogP contribution in [0.5, 0.6) is 0 Å². The maximum Gasteiger partial charge on any atom is 0.329 e. The predicted octanol–water partition coefficient (Wildman–Crippen LogP) is 1.89. The van der Waals surface area contributed by atoms with Gasteiger partial charge in [0.05, 0.1) is 12.0 Å². The zero-order chi connectivity index (χ0) is 19.2. The summed E-state index contributed by atoms with van der Waals surface area (Å²) in [4.78, 5) is 37.1. The number of hydrogen-bond acceptors (Lipinski definition) is 6. The first-order valence-corrected chi connectivity index (χ1v) is 10.4. The molecule has 1 N–H and O–H groups in total. The molecule has 8 heteroatoms. The molecule has 0 saturated carbocycles. The van der Waals surface area contributed by atoms with Gasteiger partial charge in [0.1, 0.15) is 12.1 Å². The molecular weight excluding hydrogens is 372 g/mol. The van der Waals surface area contributed by atoms with Gasteiger partial charge in [0.25, 0.3) is 0 Å². The summed E-state index contributed by atoms with van der Waals surface area (Å²) >= 11 is 3.08. The topological polar surface area (TPSA) is 75.7 Å². The number of thioether (sulfide) groups is 2. The Bertz CT molecular complexity index is 639. The molecule has 1 aromatic rings. The van der Waals surface area contributed by atoms with Crippen LogP contribution in [0.3, 0.4) is 0 Å². The maximum atomic E-state index is 12.6. The van der Waals surface area contributed by atoms with Crippen LogP contribution in [0, 0.1) is 0 Å². The molecule has 1 saturated heterocycles. The highest BCUT2D eigenvalue weighted by Gasteiger charge is 2.43. The summed E-state index contributed by atoms with van der Waals surface area (Å²) in [6.07, 6.45) is 0.696. The van der Waals surface area contributed by atoms with Crippen molar-refractivity contribution in [3.05, 3.63) is 35.9 Å². The molecule has 1 fully saturated rings. The van der Waals surface area contributed by atoms with Crippen molar-refractivity contribution in [2.75, 3.05) is 18.6 Å². The minimum atomic E-state index is -0.747. The SMILES string of the molecule is COC(=O)[C@@H](CSCc1ccccc1)NC(=O)[C@H]1CSC(C)(C)N1C=O. The highest BCUT2D eigenvalue weighted by Crippen LogP contribution is 2.37. The van der Waals surface area contributed by atoms with Crippen molar-refractivity contribution in [3.63, 3.8) is 0 Å². The van der Waals surface area contributed by atoms with Gasteiger partial charge in [-0.3, -0.25) is 9.59 Å². The van der Waals surface area contributed by atoms with Gasteiger partial charge in [0, 0.05) is 17.3 Å². The minimum absolute atomic E-state index is 0.328. The van der Waals surface area contributed by atoms with E-state index in [1.54, 1.807) is 11.8 Å². The van der Waals surface area contributed by atoms with Gasteiger partial charge in [-0.2, -0.15) is 11.8 Å². The zero-order valence-electron chi connectivity index (χ0n) is 15.1. The first kappa shape index (κ1) is 20.6. The molecule has 0 bridgehead atoms. The number of esters is 1. The number of nitrogens with zero attached hydrogens (tertiary/aromatic N) is 1. The number of carbonyl (C=O) groups excluding carboxylic acids is 3. The van der Waals surface area contributed by atoms with Crippen LogP contribution in [-0.2, 0) is 24.9 Å². The first-order chi connectivity index (χ1) is 12.4. The molecule has 0 aromatic heterocycles. The molecular formula is C18H24N2O4S2. The van der Waals surface area contributed by atoms with E-state index in [1.165, 1.54) is 23.8 Å². The van der Waals surface area contributed by atoms with Crippen molar-refractivity contribution in [2.24, 2.45) is 0 Å². The van der Waals surface area contributed by atoms with Crippen molar-refractivity contribution >= 4 is 41.8 Å². The van der Waals surface area contributed by atoms with Gasteiger partial charge in [-0.05, 0) is 19.4 Å². The molecule has 0 radical (unpaired) electrons. The Kier molecular flexibility index (Phi) is 7.40. The number of methoxy groups -OCH3 is 1. The summed E-state index contributed by atoms with van der Waals surface area (Å²) < 4.78 is 4.82. The van der Waals surface area contributed by atoms with Gasteiger partial charge in [-0.15, -0.1) is 11.8 Å². The zero-order valence-corrected chi connectivity index (χ0v) is 16.8. The Morgan fingerprint density at radius 1 is 1.42 bits per heavy atom. The van der Waals surface area contributed by atoms with E-state index in [4.69, 9.17) is 4.74 Å². The normalized spacial score (nSPS) is 19.7. The second kappa shape index (κ2) is 9.32. The van der Waals surface area contributed by atoms with Crippen LogP contribution in [0.25, 0.3) is 0 Å². The molecule has 1 aliphatic heterocycles. The summed E-state index contributed by atoms with van der Waals surface area (Å²) in [5.41, 5.74) is 1.15. The van der Waals surface area contributed by atoms with Crippen LogP contribution in [0.4, 0.5) is 0 Å². The number of rotatable bonds is 8. The Morgan fingerprint density at radius 3 is 2.73 bits per heavy atom. The molecule has 6 nitrogen and oxygen atoms in total. The Hall–Kier alpha value is -1.67. The van der Waals surface area contributed by atoms with Crippen LogP contribution < -0.4 is 5.32 Å². The number of benzene rings is 1. The van der Waals surface area contributed by atoms with Crippen molar-refractivity contribution in [2.45, 2.75) is 36.6 Å². The second-order valence-corrected chi connectivity index (χ2v) is 9.02. The van der Waals surface area contributed by atoms with Crippen LogP contribution >= 0.6 is 23.5 Å². The van der Waals surface area contributed by atoms with E-state index in [-0.39, 0.29) is 5.91 Å². The van der Waals surface area contributed by atoms with Crippen molar-refractivity contribution in [3.8, 4) is 0 Å². The number of ether oxygens (including phenoxy) is 1. The van der Waals surface area contributed by atoms with Crippen molar-refractivity contribution < 1.29 is 19.1 Å². The van der Waals surface area contributed by atoms with Crippen molar-refractivity contribution in [1.82, 2.24) is 10.2 Å². The third kappa shape index (κ3) is 5.17. The molecule has 26 heavy (non-hydrogen) atoms. The molecule has 0 spiro atoms. The molecule has 1 aromatic carbocycles. The number of hydrogen-bond donors (Lipinski definition) is 1. The van der Waals surface area contributed by atoms with Gasteiger partial charge in [0.15, 0.2) is 0 Å². The van der Waals surface area contributed by atoms with Crippen molar-refractivity contribution in [1.29, 1.82) is 0 Å². The summed E-state index contributed by atoms with van der Waals surface area (Å²) in [6, 6.07) is 8.57. The van der Waals surface area contributed by atoms with Gasteiger partial charge in [-0.1, -0.05) is 30.3 Å². The molecule has 142 valence electrons. The summed E-state index contributed by atoms with van der Waals surface area (Å²) in [5, 5.41) is 2.75. The van der Waals surface area contributed by atoms with Crippen LogP contribution in [0.15, 0.2) is 30.3 Å².